The van der Waals surface area contributed by atoms with Crippen molar-refractivity contribution in [3.63, 3.8) is 0 Å². The van der Waals surface area contributed by atoms with Crippen molar-refractivity contribution >= 4 is 39.2 Å². The fourth-order valence-electron chi connectivity index (χ4n) is 3.37. The molecule has 0 spiro atoms. The highest BCUT2D eigenvalue weighted by atomic mass is 79.9. The Hall–Kier alpha value is -2.63. The molecule has 2 heterocycles. The quantitative estimate of drug-likeness (QED) is 0.300. The Morgan fingerprint density at radius 2 is 1.82 bits per heavy atom. The zero-order valence-corrected chi connectivity index (χ0v) is 21.5. The van der Waals surface area contributed by atoms with Crippen LogP contribution in [-0.2, 0) is 34.4 Å². The van der Waals surface area contributed by atoms with Gasteiger partial charge in [0.1, 0.15) is 5.60 Å². The van der Waals surface area contributed by atoms with E-state index in [4.69, 9.17) is 9.47 Å². The van der Waals surface area contributed by atoms with Crippen LogP contribution in [0.25, 0.3) is 11.2 Å². The number of rotatable bonds is 9. The molecule has 1 N–H and O–H groups in total. The molecule has 33 heavy (non-hydrogen) atoms. The number of hydrogen-bond acceptors (Lipinski definition) is 7. The molecule has 0 radical (unpaired) electrons. The molecule has 0 aliphatic rings. The summed E-state index contributed by atoms with van der Waals surface area (Å²) in [7, 11) is 1.56. The Labute approximate surface area is 200 Å². The van der Waals surface area contributed by atoms with E-state index in [1.54, 1.807) is 39.3 Å². The number of amides is 1. The maximum absolute atomic E-state index is 13.2. The molecule has 0 bridgehead atoms. The predicted octanol–water partition coefficient (Wildman–Crippen LogP) is 2.31. The van der Waals surface area contributed by atoms with E-state index >= 15 is 0 Å². The molecule has 11 nitrogen and oxygen atoms in total. The minimum atomic E-state index is -0.617. The maximum atomic E-state index is 13.2. The number of unbranched alkanes of at least 4 members (excludes halogenated alkanes) is 1. The molecular weight excluding hydrogens is 498 g/mol. The van der Waals surface area contributed by atoms with Crippen LogP contribution >= 0.6 is 15.9 Å². The Morgan fingerprint density at radius 3 is 2.42 bits per heavy atom. The van der Waals surface area contributed by atoms with Crippen LogP contribution in [-0.4, -0.2) is 49.0 Å². The van der Waals surface area contributed by atoms with Crippen LogP contribution in [0.5, 0.6) is 0 Å². The van der Waals surface area contributed by atoms with Gasteiger partial charge in [-0.05, 0) is 62.9 Å². The van der Waals surface area contributed by atoms with Crippen molar-refractivity contribution in [3.05, 3.63) is 25.6 Å². The van der Waals surface area contributed by atoms with E-state index in [0.717, 1.165) is 0 Å². The molecule has 1 atom stereocenters. The van der Waals surface area contributed by atoms with E-state index in [0.29, 0.717) is 24.0 Å². The second kappa shape index (κ2) is 11.0. The fourth-order valence-corrected chi connectivity index (χ4v) is 3.90. The number of carbonyl (C=O) groups excluding carboxylic acids is 2. The summed E-state index contributed by atoms with van der Waals surface area (Å²) < 4.78 is 14.8. The molecule has 0 aliphatic carbocycles. The lowest BCUT2D eigenvalue weighted by atomic mass is 10.2. The van der Waals surface area contributed by atoms with E-state index in [-0.39, 0.29) is 42.9 Å². The minimum absolute atomic E-state index is 0.204. The van der Waals surface area contributed by atoms with Crippen LogP contribution in [0, 0.1) is 0 Å². The third-order valence-corrected chi connectivity index (χ3v) is 5.40. The van der Waals surface area contributed by atoms with Crippen molar-refractivity contribution in [3.8, 4) is 0 Å². The Bertz CT molecular complexity index is 1130. The van der Waals surface area contributed by atoms with Crippen molar-refractivity contribution in [2.75, 3.05) is 6.54 Å². The number of hydrogen-bond donors (Lipinski definition) is 1. The molecule has 0 aliphatic heterocycles. The summed E-state index contributed by atoms with van der Waals surface area (Å²) in [6, 6.07) is 0. The Morgan fingerprint density at radius 1 is 1.15 bits per heavy atom. The van der Waals surface area contributed by atoms with Gasteiger partial charge in [-0.15, -0.1) is 0 Å². The highest BCUT2D eigenvalue weighted by Crippen LogP contribution is 2.16. The van der Waals surface area contributed by atoms with Crippen LogP contribution in [0.1, 0.15) is 53.9 Å². The third-order valence-electron chi connectivity index (χ3n) is 4.80. The first-order valence-electron chi connectivity index (χ1n) is 10.8. The van der Waals surface area contributed by atoms with Crippen molar-refractivity contribution in [2.45, 2.75) is 78.7 Å². The van der Waals surface area contributed by atoms with Gasteiger partial charge in [-0.3, -0.25) is 18.7 Å². The second-order valence-corrected chi connectivity index (χ2v) is 9.56. The lowest BCUT2D eigenvalue weighted by molar-refractivity contribution is -0.145. The molecule has 2 aromatic rings. The van der Waals surface area contributed by atoms with E-state index in [9.17, 15) is 19.2 Å². The van der Waals surface area contributed by atoms with Gasteiger partial charge in [-0.1, -0.05) is 0 Å². The standard InChI is InChI=1S/C21H32BrN5O6/c1-13(32-14(2)28)9-7-8-11-27-17(29)15-16(25(6)20(27)31)24-18(22)26(15)12-10-23-19(30)33-21(3,4)5/h13H,7-12H2,1-6H3,(H,23,30)/t13-/m1/s1. The van der Waals surface area contributed by atoms with Crippen molar-refractivity contribution < 1.29 is 19.1 Å². The van der Waals surface area contributed by atoms with Gasteiger partial charge in [0.2, 0.25) is 0 Å². The van der Waals surface area contributed by atoms with Crippen LogP contribution < -0.4 is 16.6 Å². The van der Waals surface area contributed by atoms with Crippen LogP contribution in [0.3, 0.4) is 0 Å². The van der Waals surface area contributed by atoms with Crippen LogP contribution in [0.2, 0.25) is 0 Å². The van der Waals surface area contributed by atoms with E-state index < -0.39 is 22.9 Å². The maximum Gasteiger partial charge on any atom is 0.407 e. The summed E-state index contributed by atoms with van der Waals surface area (Å²) in [6.45, 7) is 9.16. The summed E-state index contributed by atoms with van der Waals surface area (Å²) in [4.78, 5) is 53.2. The molecule has 1 amide bonds. The number of ether oxygens (including phenoxy) is 2. The summed E-state index contributed by atoms with van der Waals surface area (Å²) in [5.74, 6) is -0.335. The molecule has 0 aromatic carbocycles. The molecule has 0 unspecified atom stereocenters. The number of aromatic nitrogens is 4. The minimum Gasteiger partial charge on any atom is -0.463 e. The highest BCUT2D eigenvalue weighted by Gasteiger charge is 2.20. The molecule has 12 heteroatoms. The first-order chi connectivity index (χ1) is 15.3. The monoisotopic (exact) mass is 529 g/mol. The smallest absolute Gasteiger partial charge is 0.407 e. The van der Waals surface area contributed by atoms with Crippen LogP contribution in [0.4, 0.5) is 4.79 Å². The van der Waals surface area contributed by atoms with Gasteiger partial charge >= 0.3 is 17.8 Å². The van der Waals surface area contributed by atoms with Gasteiger partial charge in [0.25, 0.3) is 5.56 Å². The molecule has 2 rings (SSSR count). The van der Waals surface area contributed by atoms with Crippen molar-refractivity contribution in [1.82, 2.24) is 24.0 Å². The fraction of sp³-hybridized carbons (Fsp3) is 0.667. The topological polar surface area (TPSA) is 126 Å². The number of nitrogens with one attached hydrogen (secondary N) is 1. The van der Waals surface area contributed by atoms with Crippen molar-refractivity contribution in [2.24, 2.45) is 7.05 Å². The number of aryl methyl sites for hydroxylation is 1. The molecule has 0 fully saturated rings. The van der Waals surface area contributed by atoms with E-state index in [2.05, 4.69) is 26.2 Å². The average Bonchev–Trinajstić information content (AvgIpc) is 3.00. The van der Waals surface area contributed by atoms with Gasteiger partial charge in [0, 0.05) is 33.6 Å². The molecule has 0 saturated carbocycles. The van der Waals surface area contributed by atoms with E-state index in [1.807, 2.05) is 0 Å². The van der Waals surface area contributed by atoms with Crippen LogP contribution in [0.15, 0.2) is 14.3 Å². The molecular formula is C21H32BrN5O6. The predicted molar refractivity (Wildman–Crippen MR) is 126 cm³/mol. The summed E-state index contributed by atoms with van der Waals surface area (Å²) in [5.41, 5.74) is -0.993. The number of fused-ring (bicyclic) bond motifs is 1. The Kier molecular flexibility index (Phi) is 8.87. The molecule has 2 aromatic heterocycles. The van der Waals surface area contributed by atoms with Gasteiger partial charge < -0.3 is 19.4 Å². The molecule has 0 saturated heterocycles. The first kappa shape index (κ1) is 26.6. The normalized spacial score (nSPS) is 12.6. The zero-order chi connectivity index (χ0) is 24.9. The lowest BCUT2D eigenvalue weighted by Crippen LogP contribution is -2.40. The largest absolute Gasteiger partial charge is 0.463 e. The van der Waals surface area contributed by atoms with Crippen molar-refractivity contribution in [1.29, 1.82) is 0 Å². The van der Waals surface area contributed by atoms with Gasteiger partial charge in [0.05, 0.1) is 6.10 Å². The summed E-state index contributed by atoms with van der Waals surface area (Å²) in [6.07, 6.45) is 1.11. The number of nitrogens with zero attached hydrogens (tertiary/aromatic N) is 4. The van der Waals surface area contributed by atoms with E-state index in [1.165, 1.54) is 16.1 Å². The first-order valence-corrected chi connectivity index (χ1v) is 11.6. The van der Waals surface area contributed by atoms with Gasteiger partial charge in [-0.2, -0.15) is 0 Å². The SMILES string of the molecule is CC(=O)O[C@H](C)CCCCn1c(=O)c2c(nc(Br)n2CCNC(=O)OC(C)(C)C)n(C)c1=O. The second-order valence-electron chi connectivity index (χ2n) is 8.85. The van der Waals surface area contributed by atoms with Gasteiger partial charge in [0.15, 0.2) is 15.9 Å². The Balaban J connectivity index is 2.18. The number of esters is 1. The van der Waals surface area contributed by atoms with Gasteiger partial charge in [-0.25, -0.2) is 14.6 Å². The third kappa shape index (κ3) is 7.18. The summed E-state index contributed by atoms with van der Waals surface area (Å²) >= 11 is 3.35. The highest BCUT2D eigenvalue weighted by molar-refractivity contribution is 9.10. The number of carbonyl (C=O) groups is 2. The zero-order valence-electron chi connectivity index (χ0n) is 19.9. The number of halogens is 1. The molecule has 184 valence electrons. The average molecular weight is 530 g/mol. The lowest BCUT2D eigenvalue weighted by Gasteiger charge is -2.19. The number of alkyl carbamates (subject to hydrolysis) is 1. The number of imidazole rings is 1. The summed E-state index contributed by atoms with van der Waals surface area (Å²) in [5, 5.41) is 2.65.